The number of nitrogens with one attached hydrogen (secondary N) is 1. The average molecular weight is 319 g/mol. The summed E-state index contributed by atoms with van der Waals surface area (Å²) < 4.78 is 5.24. The molecule has 0 fully saturated rings. The zero-order valence-corrected chi connectivity index (χ0v) is 12.6. The number of amides is 2. The number of benzene rings is 1. The number of pyridine rings is 1. The first-order valence-corrected chi connectivity index (χ1v) is 7.21. The number of furan rings is 1. The zero-order valence-electron chi connectivity index (χ0n) is 12.6. The molecule has 0 radical (unpaired) electrons. The van der Waals surface area contributed by atoms with Crippen LogP contribution in [-0.4, -0.2) is 22.7 Å². The Labute approximate surface area is 137 Å². The van der Waals surface area contributed by atoms with Gasteiger partial charge in [0.15, 0.2) is 0 Å². The van der Waals surface area contributed by atoms with Crippen molar-refractivity contribution in [2.24, 2.45) is 4.99 Å². The highest BCUT2D eigenvalue weighted by molar-refractivity contribution is 6.36. The average Bonchev–Trinajstić information content (AvgIpc) is 3.08. The second-order valence-corrected chi connectivity index (χ2v) is 4.92. The number of carbonyl (C=O) groups excluding carboxylic acids is 2. The summed E-state index contributed by atoms with van der Waals surface area (Å²) >= 11 is 0. The molecule has 0 aliphatic carbocycles. The fourth-order valence-electron chi connectivity index (χ4n) is 2.05. The van der Waals surface area contributed by atoms with Crippen LogP contribution in [0.4, 0.5) is 0 Å². The molecule has 2 amide bonds. The first-order chi connectivity index (χ1) is 11.7. The maximum Gasteiger partial charge on any atom is 0.342 e. The minimum Gasteiger partial charge on any atom is -0.464 e. The topological polar surface area (TPSA) is 84.6 Å². The van der Waals surface area contributed by atoms with E-state index in [9.17, 15) is 9.59 Å². The van der Waals surface area contributed by atoms with Crippen molar-refractivity contribution in [1.82, 2.24) is 10.3 Å². The van der Waals surface area contributed by atoms with E-state index in [1.54, 1.807) is 30.7 Å². The van der Waals surface area contributed by atoms with Crippen molar-refractivity contribution in [2.45, 2.75) is 6.54 Å². The number of rotatable bonds is 3. The van der Waals surface area contributed by atoms with Crippen LogP contribution in [-0.2, 0) is 16.1 Å². The molecule has 0 aliphatic rings. The summed E-state index contributed by atoms with van der Waals surface area (Å²) in [6.07, 6.45) is 4.64. The minimum absolute atomic E-state index is 0.227. The minimum atomic E-state index is -0.911. The number of carbonyl (C=O) groups is 2. The Morgan fingerprint density at radius 3 is 3.00 bits per heavy atom. The highest BCUT2D eigenvalue weighted by Gasteiger charge is 2.11. The van der Waals surface area contributed by atoms with E-state index in [1.807, 2.05) is 24.3 Å². The lowest BCUT2D eigenvalue weighted by Crippen LogP contribution is -2.29. The summed E-state index contributed by atoms with van der Waals surface area (Å²) in [4.78, 5) is 30.8. The van der Waals surface area contributed by atoms with Gasteiger partial charge in [-0.15, -0.1) is 0 Å². The standard InChI is InChI=1S/C18H13N3O3/c22-17(20-9-6-15-3-1-2-8-19-15)18(23)21-12-13-4-5-16-14(11-13)7-10-24-16/h1-8,10-11H,12H2,(H,21,23). The van der Waals surface area contributed by atoms with Gasteiger partial charge in [-0.2, -0.15) is 4.99 Å². The molecule has 0 bridgehead atoms. The van der Waals surface area contributed by atoms with Crippen LogP contribution in [0.2, 0.25) is 0 Å². The van der Waals surface area contributed by atoms with Crippen LogP contribution in [0.3, 0.4) is 0 Å². The van der Waals surface area contributed by atoms with Crippen molar-refractivity contribution in [3.05, 3.63) is 66.2 Å². The van der Waals surface area contributed by atoms with Gasteiger partial charge in [-0.1, -0.05) is 12.1 Å². The SMILES string of the molecule is O=C(N=C=Cc1ccccn1)C(=O)NCc1ccc2occc2c1. The van der Waals surface area contributed by atoms with E-state index in [4.69, 9.17) is 4.42 Å². The van der Waals surface area contributed by atoms with Gasteiger partial charge in [0.25, 0.3) is 0 Å². The monoisotopic (exact) mass is 319 g/mol. The highest BCUT2D eigenvalue weighted by Crippen LogP contribution is 2.16. The van der Waals surface area contributed by atoms with Crippen LogP contribution in [0.1, 0.15) is 11.3 Å². The van der Waals surface area contributed by atoms with Crippen molar-refractivity contribution in [3.63, 3.8) is 0 Å². The van der Waals surface area contributed by atoms with E-state index in [0.29, 0.717) is 5.69 Å². The second kappa shape index (κ2) is 7.17. The molecule has 0 unspecified atom stereocenters. The van der Waals surface area contributed by atoms with Gasteiger partial charge in [-0.05, 0) is 41.8 Å². The Bertz CT molecular complexity index is 938. The molecular formula is C18H13N3O3. The number of fused-ring (bicyclic) bond motifs is 1. The number of hydrogen-bond acceptors (Lipinski definition) is 4. The zero-order chi connectivity index (χ0) is 16.8. The van der Waals surface area contributed by atoms with Crippen LogP contribution < -0.4 is 5.32 Å². The Hall–Kier alpha value is -3.50. The molecule has 2 heterocycles. The van der Waals surface area contributed by atoms with E-state index in [0.717, 1.165) is 16.5 Å². The van der Waals surface area contributed by atoms with Gasteiger partial charge in [0, 0.05) is 24.2 Å². The van der Waals surface area contributed by atoms with E-state index in [1.165, 1.54) is 6.08 Å². The maximum absolute atomic E-state index is 11.7. The summed E-state index contributed by atoms with van der Waals surface area (Å²) in [5.74, 6) is 0.718. The van der Waals surface area contributed by atoms with Crippen LogP contribution in [0.15, 0.2) is 64.3 Å². The molecule has 3 aromatic rings. The van der Waals surface area contributed by atoms with Gasteiger partial charge in [0.2, 0.25) is 0 Å². The first-order valence-electron chi connectivity index (χ1n) is 7.21. The van der Waals surface area contributed by atoms with Crippen LogP contribution in [0.25, 0.3) is 17.0 Å². The molecule has 1 aromatic carbocycles. The van der Waals surface area contributed by atoms with E-state index < -0.39 is 11.8 Å². The predicted octanol–water partition coefficient (Wildman–Crippen LogP) is 2.35. The predicted molar refractivity (Wildman–Crippen MR) is 89.2 cm³/mol. The van der Waals surface area contributed by atoms with Gasteiger partial charge in [-0.25, -0.2) is 0 Å². The third kappa shape index (κ3) is 3.82. The molecule has 1 N–H and O–H groups in total. The molecule has 6 heteroatoms. The summed E-state index contributed by atoms with van der Waals surface area (Å²) in [6.45, 7) is 0.227. The third-order valence-electron chi connectivity index (χ3n) is 3.23. The normalized spacial score (nSPS) is 10.0. The Kier molecular flexibility index (Phi) is 4.60. The third-order valence-corrected chi connectivity index (χ3v) is 3.23. The number of nitrogens with zero attached hydrogens (tertiary/aromatic N) is 2. The Morgan fingerprint density at radius 2 is 2.17 bits per heavy atom. The van der Waals surface area contributed by atoms with Crippen LogP contribution in [0.5, 0.6) is 0 Å². The lowest BCUT2D eigenvalue weighted by Gasteiger charge is -2.02. The van der Waals surface area contributed by atoms with Gasteiger partial charge < -0.3 is 9.73 Å². The number of hydrogen-bond donors (Lipinski definition) is 1. The van der Waals surface area contributed by atoms with Gasteiger partial charge in [-0.3, -0.25) is 14.6 Å². The molecule has 6 nitrogen and oxygen atoms in total. The van der Waals surface area contributed by atoms with Crippen LogP contribution in [0, 0.1) is 0 Å². The molecule has 118 valence electrons. The van der Waals surface area contributed by atoms with E-state index in [2.05, 4.69) is 21.2 Å². The fraction of sp³-hybridized carbons (Fsp3) is 0.0556. The van der Waals surface area contributed by atoms with Crippen molar-refractivity contribution in [2.75, 3.05) is 0 Å². The fourth-order valence-corrected chi connectivity index (χ4v) is 2.05. The molecule has 0 aliphatic heterocycles. The molecule has 24 heavy (non-hydrogen) atoms. The first kappa shape index (κ1) is 15.4. The molecular weight excluding hydrogens is 306 g/mol. The molecule has 2 aromatic heterocycles. The second-order valence-electron chi connectivity index (χ2n) is 4.92. The van der Waals surface area contributed by atoms with E-state index in [-0.39, 0.29) is 6.54 Å². The van der Waals surface area contributed by atoms with Crippen molar-refractivity contribution < 1.29 is 14.0 Å². The lowest BCUT2D eigenvalue weighted by molar-refractivity contribution is -0.137. The number of aliphatic imine (C=N–C) groups is 1. The summed E-state index contributed by atoms with van der Waals surface area (Å²) in [6, 6.07) is 12.7. The van der Waals surface area contributed by atoms with Gasteiger partial charge in [0.1, 0.15) is 5.58 Å². The van der Waals surface area contributed by atoms with Gasteiger partial charge >= 0.3 is 11.8 Å². The molecule has 0 saturated heterocycles. The molecule has 3 rings (SSSR count). The number of aromatic nitrogens is 1. The van der Waals surface area contributed by atoms with Crippen molar-refractivity contribution in [1.29, 1.82) is 0 Å². The summed E-state index contributed by atoms with van der Waals surface area (Å²) in [5, 5.41) is 3.46. The van der Waals surface area contributed by atoms with E-state index >= 15 is 0 Å². The Morgan fingerprint density at radius 1 is 1.25 bits per heavy atom. The van der Waals surface area contributed by atoms with Crippen molar-refractivity contribution in [3.8, 4) is 0 Å². The largest absolute Gasteiger partial charge is 0.464 e. The smallest absolute Gasteiger partial charge is 0.342 e. The lowest BCUT2D eigenvalue weighted by atomic mass is 10.1. The van der Waals surface area contributed by atoms with Gasteiger partial charge in [0.05, 0.1) is 12.0 Å². The van der Waals surface area contributed by atoms with Crippen molar-refractivity contribution >= 4 is 34.7 Å². The maximum atomic E-state index is 11.7. The van der Waals surface area contributed by atoms with Crippen LogP contribution >= 0.6 is 0 Å². The molecule has 0 saturated carbocycles. The quantitative estimate of drug-likeness (QED) is 0.593. The highest BCUT2D eigenvalue weighted by atomic mass is 16.3. The molecule has 0 atom stereocenters. The molecule has 0 spiro atoms. The Balaban J connectivity index is 1.58. The summed E-state index contributed by atoms with van der Waals surface area (Å²) in [7, 11) is 0. The summed E-state index contributed by atoms with van der Waals surface area (Å²) in [5.41, 5.74) is 2.23.